The summed E-state index contributed by atoms with van der Waals surface area (Å²) < 4.78 is 26.5. The summed E-state index contributed by atoms with van der Waals surface area (Å²) in [6.07, 6.45) is 53.7. The van der Waals surface area contributed by atoms with Gasteiger partial charge in [-0.2, -0.15) is 0 Å². The predicted molar refractivity (Wildman–Crippen MR) is 249 cm³/mol. The van der Waals surface area contributed by atoms with Gasteiger partial charge >= 0.3 is 19.8 Å². The number of esters is 2. The Morgan fingerprint density at radius 2 is 0.712 bits per heavy atom. The third-order valence-corrected chi connectivity index (χ3v) is 12.0. The van der Waals surface area contributed by atoms with Crippen molar-refractivity contribution in [3.05, 3.63) is 12.2 Å². The molecule has 59 heavy (non-hydrogen) atoms. The van der Waals surface area contributed by atoms with E-state index < -0.39 is 32.5 Å². The molecule has 0 rings (SSSR count). The molecule has 0 aliphatic carbocycles. The molecule has 0 fully saturated rings. The molecule has 0 aromatic heterocycles. The van der Waals surface area contributed by atoms with Gasteiger partial charge in [-0.1, -0.05) is 238 Å². The lowest BCUT2D eigenvalue weighted by molar-refractivity contribution is -0.161. The minimum atomic E-state index is -4.76. The summed E-state index contributed by atoms with van der Waals surface area (Å²) in [7, 11) is -4.76. The van der Waals surface area contributed by atoms with Gasteiger partial charge in [-0.05, 0) is 38.5 Å². The third kappa shape index (κ3) is 49.3. The van der Waals surface area contributed by atoms with Crippen LogP contribution >= 0.6 is 7.82 Å². The van der Waals surface area contributed by atoms with Crippen LogP contribution in [-0.2, 0) is 28.2 Å². The highest BCUT2D eigenvalue weighted by molar-refractivity contribution is 7.46. The summed E-state index contributed by atoms with van der Waals surface area (Å²) in [6.45, 7) is 3.74. The Balaban J connectivity index is 3.77. The molecule has 0 aliphatic heterocycles. The second-order valence-electron chi connectivity index (χ2n) is 17.5. The van der Waals surface area contributed by atoms with Crippen LogP contribution in [0.4, 0.5) is 0 Å². The minimum absolute atomic E-state index is 0.214. The number of phosphoric acid groups is 1. The first kappa shape index (κ1) is 57.8. The van der Waals surface area contributed by atoms with E-state index in [9.17, 15) is 14.2 Å². The van der Waals surface area contributed by atoms with Gasteiger partial charge in [0.15, 0.2) is 6.10 Å². The van der Waals surface area contributed by atoms with Crippen molar-refractivity contribution in [2.45, 2.75) is 283 Å². The van der Waals surface area contributed by atoms with Crippen molar-refractivity contribution >= 4 is 19.8 Å². The van der Waals surface area contributed by atoms with Crippen LogP contribution in [-0.4, -0.2) is 41.0 Å². The molecule has 0 radical (unpaired) electrons. The van der Waals surface area contributed by atoms with Crippen LogP contribution in [0.3, 0.4) is 0 Å². The fraction of sp³-hybridized carbons (Fsp3) is 0.920. The second-order valence-corrected chi connectivity index (χ2v) is 18.7. The number of ether oxygens (including phenoxy) is 2. The maximum Gasteiger partial charge on any atom is 0.469 e. The summed E-state index contributed by atoms with van der Waals surface area (Å²) in [4.78, 5) is 43.1. The zero-order valence-corrected chi connectivity index (χ0v) is 39.8. The molecule has 2 N–H and O–H groups in total. The number of allylic oxidation sites excluding steroid dienone is 2. The number of phosphoric ester groups is 1. The lowest BCUT2D eigenvalue weighted by Crippen LogP contribution is -2.29. The number of rotatable bonds is 48. The standard InChI is InChI=1S/C50H97O8P/c1-3-5-7-9-11-13-15-17-19-21-23-24-25-27-28-30-32-34-36-38-40-42-44-49(51)56-46-48(47-57-59(53,54)55)58-50(52)45-43-41-39-37-35-33-31-29-26-22-20-18-16-14-12-10-8-6-4-2/h18,20,48H,3-17,19,21-47H2,1-2H3,(H2,53,54,55)/b20-18-. The van der Waals surface area contributed by atoms with Crippen LogP contribution in [0.2, 0.25) is 0 Å². The molecule has 0 aliphatic rings. The van der Waals surface area contributed by atoms with Crippen molar-refractivity contribution in [2.24, 2.45) is 0 Å². The Morgan fingerprint density at radius 3 is 1.03 bits per heavy atom. The Hall–Kier alpha value is -1.21. The minimum Gasteiger partial charge on any atom is -0.462 e. The van der Waals surface area contributed by atoms with Gasteiger partial charge in [-0.15, -0.1) is 0 Å². The SMILES string of the molecule is CCCCCCCC/C=C\CCCCCCCCCCCC(=O)OC(COC(=O)CCCCCCCCCCCCCCCCCCCCCCCC)COP(=O)(O)O. The average molecular weight is 857 g/mol. The Morgan fingerprint density at radius 1 is 0.424 bits per heavy atom. The van der Waals surface area contributed by atoms with Gasteiger partial charge in [-0.25, -0.2) is 4.57 Å². The fourth-order valence-electron chi connectivity index (χ4n) is 7.72. The number of carbonyl (C=O) groups excluding carboxylic acids is 2. The predicted octanol–water partition coefficient (Wildman–Crippen LogP) is 16.1. The van der Waals surface area contributed by atoms with Crippen LogP contribution in [0.5, 0.6) is 0 Å². The van der Waals surface area contributed by atoms with E-state index >= 15 is 0 Å². The molecule has 0 amide bonds. The van der Waals surface area contributed by atoms with Crippen LogP contribution in [0, 0.1) is 0 Å². The highest BCUT2D eigenvalue weighted by Crippen LogP contribution is 2.36. The van der Waals surface area contributed by atoms with Crippen molar-refractivity contribution in [3.63, 3.8) is 0 Å². The van der Waals surface area contributed by atoms with Crippen molar-refractivity contribution in [1.82, 2.24) is 0 Å². The maximum atomic E-state index is 12.5. The van der Waals surface area contributed by atoms with Crippen LogP contribution in [0.25, 0.3) is 0 Å². The van der Waals surface area contributed by atoms with E-state index in [2.05, 4.69) is 30.5 Å². The van der Waals surface area contributed by atoms with E-state index in [1.165, 1.54) is 205 Å². The van der Waals surface area contributed by atoms with Crippen LogP contribution in [0.15, 0.2) is 12.2 Å². The zero-order valence-electron chi connectivity index (χ0n) is 38.9. The second kappa shape index (κ2) is 46.3. The zero-order chi connectivity index (χ0) is 43.2. The van der Waals surface area contributed by atoms with Crippen LogP contribution in [0.1, 0.15) is 277 Å². The maximum absolute atomic E-state index is 12.5. The first-order valence-corrected chi connectivity index (χ1v) is 27.0. The lowest BCUT2D eigenvalue weighted by Gasteiger charge is -2.18. The summed E-state index contributed by atoms with van der Waals surface area (Å²) in [5, 5.41) is 0. The molecule has 350 valence electrons. The van der Waals surface area contributed by atoms with Gasteiger partial charge in [0.2, 0.25) is 0 Å². The van der Waals surface area contributed by atoms with Gasteiger partial charge < -0.3 is 19.3 Å². The molecule has 8 nitrogen and oxygen atoms in total. The van der Waals surface area contributed by atoms with E-state index in [1.54, 1.807) is 0 Å². The van der Waals surface area contributed by atoms with Gasteiger partial charge in [0.25, 0.3) is 0 Å². The third-order valence-electron chi connectivity index (χ3n) is 11.5. The van der Waals surface area contributed by atoms with Crippen molar-refractivity contribution in [1.29, 1.82) is 0 Å². The highest BCUT2D eigenvalue weighted by atomic mass is 31.2. The molecule has 0 bridgehead atoms. The smallest absolute Gasteiger partial charge is 0.462 e. The average Bonchev–Trinajstić information content (AvgIpc) is 3.21. The van der Waals surface area contributed by atoms with Gasteiger partial charge in [0, 0.05) is 12.8 Å². The Bertz CT molecular complexity index is 967. The van der Waals surface area contributed by atoms with E-state index in [0.29, 0.717) is 6.42 Å². The first-order valence-electron chi connectivity index (χ1n) is 25.5. The molecule has 0 saturated carbocycles. The van der Waals surface area contributed by atoms with Gasteiger partial charge in [0.05, 0.1) is 6.61 Å². The number of unbranched alkanes of at least 4 members (excludes halogenated alkanes) is 36. The van der Waals surface area contributed by atoms with Crippen molar-refractivity contribution < 1.29 is 37.9 Å². The van der Waals surface area contributed by atoms with E-state index in [4.69, 9.17) is 19.3 Å². The molecule has 1 atom stereocenters. The molecule has 0 heterocycles. The summed E-state index contributed by atoms with van der Waals surface area (Å²) in [6, 6.07) is 0. The monoisotopic (exact) mass is 857 g/mol. The fourth-order valence-corrected chi connectivity index (χ4v) is 8.09. The van der Waals surface area contributed by atoms with E-state index in [0.717, 1.165) is 38.5 Å². The molecular formula is C50H97O8P. The molecular weight excluding hydrogens is 760 g/mol. The highest BCUT2D eigenvalue weighted by Gasteiger charge is 2.23. The van der Waals surface area contributed by atoms with E-state index in [-0.39, 0.29) is 19.4 Å². The Kier molecular flexibility index (Phi) is 45.3. The topological polar surface area (TPSA) is 119 Å². The largest absolute Gasteiger partial charge is 0.469 e. The summed E-state index contributed by atoms with van der Waals surface area (Å²) in [5.41, 5.74) is 0. The number of hydrogen-bond donors (Lipinski definition) is 2. The quantitative estimate of drug-likeness (QED) is 0.0269. The molecule has 9 heteroatoms. The van der Waals surface area contributed by atoms with Gasteiger partial charge in [0.1, 0.15) is 6.61 Å². The van der Waals surface area contributed by atoms with Crippen molar-refractivity contribution in [3.8, 4) is 0 Å². The number of carbonyl (C=O) groups is 2. The van der Waals surface area contributed by atoms with Crippen LogP contribution < -0.4 is 0 Å². The van der Waals surface area contributed by atoms with Gasteiger partial charge in [-0.3, -0.25) is 14.1 Å². The molecule has 0 saturated heterocycles. The first-order chi connectivity index (χ1) is 28.8. The van der Waals surface area contributed by atoms with Crippen molar-refractivity contribution in [2.75, 3.05) is 13.2 Å². The lowest BCUT2D eigenvalue weighted by atomic mass is 10.0. The molecule has 0 aromatic carbocycles. The normalized spacial score (nSPS) is 12.4. The molecule has 0 spiro atoms. The van der Waals surface area contributed by atoms with E-state index in [1.807, 2.05) is 0 Å². The Labute approximate surface area is 365 Å². The number of hydrogen-bond acceptors (Lipinski definition) is 6. The summed E-state index contributed by atoms with van der Waals surface area (Å²) in [5.74, 6) is -0.869. The summed E-state index contributed by atoms with van der Waals surface area (Å²) >= 11 is 0. The molecule has 0 aromatic rings. The molecule has 1 unspecified atom stereocenters.